The Morgan fingerprint density at radius 3 is 2.33 bits per heavy atom. The lowest BCUT2D eigenvalue weighted by Gasteiger charge is -2.13. The zero-order valence-electron chi connectivity index (χ0n) is 16.3. The van der Waals surface area contributed by atoms with E-state index in [4.69, 9.17) is 32.5 Å². The van der Waals surface area contributed by atoms with Gasteiger partial charge in [-0.05, 0) is 26.0 Å². The fourth-order valence-corrected chi connectivity index (χ4v) is 3.58. The molecule has 0 spiro atoms. The number of pyridine rings is 1. The number of halogens is 2. The Hall–Kier alpha value is -3.10. The number of nitrogens with zero attached hydrogens (tertiary/aromatic N) is 2. The standard InChI is InChI=1S/C20H17Cl2N3O5/c1-10-7-12(26)8-11(2)25(10)9-15(27)23-19-17(20(28)29-3)18(24-30-19)16-13(21)5-4-6-14(16)22/h4-8H,9H2,1-3H3,(H,23,27). The minimum atomic E-state index is -0.784. The van der Waals surface area contributed by atoms with Crippen LogP contribution in [-0.4, -0.2) is 28.7 Å². The molecule has 0 bridgehead atoms. The molecule has 0 aliphatic carbocycles. The number of amides is 1. The van der Waals surface area contributed by atoms with E-state index in [2.05, 4.69) is 10.5 Å². The van der Waals surface area contributed by atoms with Gasteiger partial charge in [-0.15, -0.1) is 0 Å². The number of benzene rings is 1. The largest absolute Gasteiger partial charge is 0.465 e. The molecule has 156 valence electrons. The van der Waals surface area contributed by atoms with Crippen molar-refractivity contribution in [3.05, 3.63) is 67.6 Å². The monoisotopic (exact) mass is 449 g/mol. The van der Waals surface area contributed by atoms with Gasteiger partial charge in [0.2, 0.25) is 11.8 Å². The molecule has 0 aliphatic rings. The topological polar surface area (TPSA) is 103 Å². The lowest BCUT2D eigenvalue weighted by Crippen LogP contribution is -2.23. The van der Waals surface area contributed by atoms with Gasteiger partial charge in [0.05, 0.1) is 17.2 Å². The molecule has 0 aliphatic heterocycles. The minimum Gasteiger partial charge on any atom is -0.465 e. The predicted octanol–water partition coefficient (Wildman–Crippen LogP) is 3.85. The first-order valence-electron chi connectivity index (χ1n) is 8.73. The summed E-state index contributed by atoms with van der Waals surface area (Å²) in [5.74, 6) is -1.48. The van der Waals surface area contributed by atoms with Crippen molar-refractivity contribution in [2.45, 2.75) is 20.4 Å². The third-order valence-electron chi connectivity index (χ3n) is 4.39. The molecular weight excluding hydrogens is 433 g/mol. The second-order valence-corrected chi connectivity index (χ2v) is 7.25. The van der Waals surface area contributed by atoms with E-state index in [0.717, 1.165) is 0 Å². The Balaban J connectivity index is 1.97. The van der Waals surface area contributed by atoms with Crippen LogP contribution in [-0.2, 0) is 16.1 Å². The van der Waals surface area contributed by atoms with E-state index in [1.54, 1.807) is 36.6 Å². The zero-order chi connectivity index (χ0) is 22.0. The first kappa shape index (κ1) is 21.6. The average molecular weight is 450 g/mol. The number of aryl methyl sites for hydroxylation is 2. The van der Waals surface area contributed by atoms with Gasteiger partial charge in [0, 0.05) is 29.1 Å². The molecule has 2 aromatic heterocycles. The highest BCUT2D eigenvalue weighted by Gasteiger charge is 2.28. The maximum atomic E-state index is 12.6. The maximum absolute atomic E-state index is 12.6. The highest BCUT2D eigenvalue weighted by Crippen LogP contribution is 2.38. The Morgan fingerprint density at radius 1 is 1.17 bits per heavy atom. The minimum absolute atomic E-state index is 0.0449. The molecule has 8 nitrogen and oxygen atoms in total. The average Bonchev–Trinajstić information content (AvgIpc) is 3.07. The summed E-state index contributed by atoms with van der Waals surface area (Å²) < 4.78 is 11.7. The van der Waals surface area contributed by atoms with Crippen molar-refractivity contribution in [3.63, 3.8) is 0 Å². The maximum Gasteiger partial charge on any atom is 0.345 e. The summed E-state index contributed by atoms with van der Waals surface area (Å²) >= 11 is 12.4. The van der Waals surface area contributed by atoms with Crippen molar-refractivity contribution in [3.8, 4) is 11.3 Å². The van der Waals surface area contributed by atoms with Crippen LogP contribution in [0.25, 0.3) is 11.3 Å². The number of carbonyl (C=O) groups is 2. The van der Waals surface area contributed by atoms with E-state index >= 15 is 0 Å². The van der Waals surface area contributed by atoms with Gasteiger partial charge in [-0.2, -0.15) is 0 Å². The van der Waals surface area contributed by atoms with Crippen molar-refractivity contribution >= 4 is 41.0 Å². The summed E-state index contributed by atoms with van der Waals surface area (Å²) in [5.41, 5.74) is 1.29. The van der Waals surface area contributed by atoms with Gasteiger partial charge in [-0.3, -0.25) is 14.9 Å². The molecule has 1 aromatic carbocycles. The van der Waals surface area contributed by atoms with Crippen molar-refractivity contribution in [2.24, 2.45) is 0 Å². The second-order valence-electron chi connectivity index (χ2n) is 6.43. The number of hydrogen-bond donors (Lipinski definition) is 1. The Labute approximate surface area is 181 Å². The summed E-state index contributed by atoms with van der Waals surface area (Å²) in [5, 5.41) is 6.89. The quantitative estimate of drug-likeness (QED) is 0.593. The first-order chi connectivity index (χ1) is 14.2. The van der Waals surface area contributed by atoms with Crippen LogP contribution >= 0.6 is 23.2 Å². The van der Waals surface area contributed by atoms with Gasteiger partial charge in [0.25, 0.3) is 0 Å². The predicted molar refractivity (Wildman–Crippen MR) is 112 cm³/mol. The second kappa shape index (κ2) is 8.73. The Bertz CT molecular complexity index is 1150. The molecule has 30 heavy (non-hydrogen) atoms. The van der Waals surface area contributed by atoms with Crippen LogP contribution in [0.15, 0.2) is 39.6 Å². The smallest absolute Gasteiger partial charge is 0.345 e. The molecular formula is C20H17Cl2N3O5. The molecule has 10 heteroatoms. The lowest BCUT2D eigenvalue weighted by atomic mass is 10.1. The lowest BCUT2D eigenvalue weighted by molar-refractivity contribution is -0.116. The Morgan fingerprint density at radius 2 is 1.77 bits per heavy atom. The van der Waals surface area contributed by atoms with Crippen molar-refractivity contribution in [1.82, 2.24) is 9.72 Å². The molecule has 0 fully saturated rings. The molecule has 1 amide bonds. The normalized spacial score (nSPS) is 10.7. The molecule has 0 unspecified atom stereocenters. The van der Waals surface area contributed by atoms with E-state index in [-0.39, 0.29) is 44.7 Å². The van der Waals surface area contributed by atoms with Crippen LogP contribution in [0, 0.1) is 13.8 Å². The summed E-state index contributed by atoms with van der Waals surface area (Å²) in [7, 11) is 1.19. The van der Waals surface area contributed by atoms with Gasteiger partial charge in [0.15, 0.2) is 11.0 Å². The summed E-state index contributed by atoms with van der Waals surface area (Å²) in [6, 6.07) is 7.65. The highest BCUT2D eigenvalue weighted by molar-refractivity contribution is 6.39. The van der Waals surface area contributed by atoms with E-state index in [1.165, 1.54) is 19.2 Å². The zero-order valence-corrected chi connectivity index (χ0v) is 17.8. The van der Waals surface area contributed by atoms with Crippen molar-refractivity contribution in [2.75, 3.05) is 12.4 Å². The van der Waals surface area contributed by atoms with Crippen LogP contribution in [0.3, 0.4) is 0 Å². The molecule has 0 saturated carbocycles. The van der Waals surface area contributed by atoms with Crippen molar-refractivity contribution in [1.29, 1.82) is 0 Å². The van der Waals surface area contributed by atoms with Crippen LogP contribution in [0.1, 0.15) is 21.7 Å². The number of rotatable bonds is 5. The molecule has 3 rings (SSSR count). The van der Waals surface area contributed by atoms with E-state index in [9.17, 15) is 14.4 Å². The number of esters is 1. The van der Waals surface area contributed by atoms with Gasteiger partial charge in [-0.1, -0.05) is 34.4 Å². The molecule has 0 atom stereocenters. The van der Waals surface area contributed by atoms with Crippen molar-refractivity contribution < 1.29 is 18.8 Å². The summed E-state index contributed by atoms with van der Waals surface area (Å²) in [6.45, 7) is 3.32. The molecule has 2 heterocycles. The van der Waals surface area contributed by atoms with Crippen LogP contribution in [0.2, 0.25) is 10.0 Å². The summed E-state index contributed by atoms with van der Waals surface area (Å²) in [4.78, 5) is 36.6. The van der Waals surface area contributed by atoms with Crippen LogP contribution in [0.5, 0.6) is 0 Å². The van der Waals surface area contributed by atoms with Crippen LogP contribution in [0.4, 0.5) is 5.88 Å². The summed E-state index contributed by atoms with van der Waals surface area (Å²) in [6.07, 6.45) is 0. The SMILES string of the molecule is COC(=O)c1c(-c2c(Cl)cccc2Cl)noc1NC(=O)Cn1c(C)cc(=O)cc1C. The van der Waals surface area contributed by atoms with E-state index in [1.807, 2.05) is 0 Å². The molecule has 0 radical (unpaired) electrons. The highest BCUT2D eigenvalue weighted by atomic mass is 35.5. The number of anilines is 1. The Kier molecular flexibility index (Phi) is 6.28. The third-order valence-corrected chi connectivity index (χ3v) is 5.02. The number of nitrogens with one attached hydrogen (secondary N) is 1. The fraction of sp³-hybridized carbons (Fsp3) is 0.200. The fourth-order valence-electron chi connectivity index (χ4n) is 3.01. The molecule has 1 N–H and O–H groups in total. The molecule has 3 aromatic rings. The number of ether oxygens (including phenoxy) is 1. The third kappa shape index (κ3) is 4.24. The van der Waals surface area contributed by atoms with Gasteiger partial charge >= 0.3 is 5.97 Å². The van der Waals surface area contributed by atoms with Gasteiger partial charge < -0.3 is 13.8 Å². The molecule has 0 saturated heterocycles. The number of aromatic nitrogens is 2. The first-order valence-corrected chi connectivity index (χ1v) is 9.48. The number of hydrogen-bond acceptors (Lipinski definition) is 6. The number of methoxy groups -OCH3 is 1. The van der Waals surface area contributed by atoms with E-state index in [0.29, 0.717) is 11.4 Å². The van der Waals surface area contributed by atoms with Gasteiger partial charge in [0.1, 0.15) is 12.2 Å². The van der Waals surface area contributed by atoms with Gasteiger partial charge in [-0.25, -0.2) is 4.79 Å². The van der Waals surface area contributed by atoms with Crippen LogP contribution < -0.4 is 10.7 Å². The van der Waals surface area contributed by atoms with E-state index < -0.39 is 11.9 Å². The number of carbonyl (C=O) groups excluding carboxylic acids is 2.